The lowest BCUT2D eigenvalue weighted by atomic mass is 9.79. The highest BCUT2D eigenvalue weighted by molar-refractivity contribution is 5.79. The molecule has 1 saturated heterocycles. The molecule has 0 aromatic carbocycles. The summed E-state index contributed by atoms with van der Waals surface area (Å²) in [6.45, 7) is 9.86. The van der Waals surface area contributed by atoms with Gasteiger partial charge in [0.2, 0.25) is 5.91 Å². The molecule has 1 aliphatic carbocycles. The molecular formula is C21H38N2O. The van der Waals surface area contributed by atoms with Gasteiger partial charge in [-0.15, -0.1) is 0 Å². The maximum absolute atomic E-state index is 12.5. The molecule has 1 N–H and O–H groups in total. The molecular weight excluding hydrogens is 296 g/mol. The fourth-order valence-corrected chi connectivity index (χ4v) is 4.10. The first-order valence-corrected chi connectivity index (χ1v) is 10.2. The lowest BCUT2D eigenvalue weighted by Crippen LogP contribution is -2.46. The van der Waals surface area contributed by atoms with E-state index in [0.717, 1.165) is 51.2 Å². The highest BCUT2D eigenvalue weighted by atomic mass is 16.1. The molecule has 0 atom stereocenters. The number of amides is 1. The average molecular weight is 335 g/mol. The molecule has 1 saturated carbocycles. The van der Waals surface area contributed by atoms with Crippen LogP contribution < -0.4 is 5.32 Å². The zero-order chi connectivity index (χ0) is 17.4. The Kier molecular flexibility index (Phi) is 8.31. The molecule has 0 unspecified atom stereocenters. The van der Waals surface area contributed by atoms with Crippen molar-refractivity contribution < 1.29 is 4.79 Å². The Morgan fingerprint density at radius 3 is 2.33 bits per heavy atom. The van der Waals surface area contributed by atoms with Crippen molar-refractivity contribution in [3.05, 3.63) is 11.6 Å². The molecule has 0 bridgehead atoms. The molecule has 3 heteroatoms. The van der Waals surface area contributed by atoms with Crippen molar-refractivity contribution >= 4 is 5.91 Å². The Morgan fingerprint density at radius 2 is 1.75 bits per heavy atom. The van der Waals surface area contributed by atoms with Crippen molar-refractivity contribution in [3.8, 4) is 0 Å². The summed E-state index contributed by atoms with van der Waals surface area (Å²) in [5, 5.41) is 3.35. The molecule has 24 heavy (non-hydrogen) atoms. The predicted octanol–water partition coefficient (Wildman–Crippen LogP) is 4.53. The van der Waals surface area contributed by atoms with E-state index in [4.69, 9.17) is 0 Å². The monoisotopic (exact) mass is 334 g/mol. The van der Waals surface area contributed by atoms with E-state index in [1.807, 2.05) is 0 Å². The Balaban J connectivity index is 1.64. The summed E-state index contributed by atoms with van der Waals surface area (Å²) in [7, 11) is 0. The number of nitrogens with zero attached hydrogens (tertiary/aromatic N) is 1. The number of hydrogen-bond acceptors (Lipinski definition) is 2. The van der Waals surface area contributed by atoms with Gasteiger partial charge in [-0.2, -0.15) is 0 Å². The minimum atomic E-state index is 0.284. The number of allylic oxidation sites excluding steroid dienone is 1. The molecule has 2 aliphatic rings. The van der Waals surface area contributed by atoms with Gasteiger partial charge in [-0.3, -0.25) is 9.69 Å². The number of piperidine rings is 1. The number of hydrogen-bond donors (Lipinski definition) is 1. The normalized spacial score (nSPS) is 26.1. The van der Waals surface area contributed by atoms with Crippen LogP contribution in [0.25, 0.3) is 0 Å². The molecule has 1 heterocycles. The standard InChI is InChI=1S/C21H38N2O/c1-4-5-6-18-7-9-19(10-8-18)21(24)22-20-12-15-23(16-13-20)14-11-17(2)3/h11,18-20H,4-10,12-16H2,1-3H3,(H,22,24). The van der Waals surface area contributed by atoms with Crippen LogP contribution in [0.5, 0.6) is 0 Å². The smallest absolute Gasteiger partial charge is 0.223 e. The van der Waals surface area contributed by atoms with Crippen molar-refractivity contribution in [2.24, 2.45) is 11.8 Å². The molecule has 2 fully saturated rings. The van der Waals surface area contributed by atoms with Gasteiger partial charge in [-0.25, -0.2) is 0 Å². The third-order valence-corrected chi connectivity index (χ3v) is 5.88. The van der Waals surface area contributed by atoms with Crippen molar-refractivity contribution in [3.63, 3.8) is 0 Å². The lowest BCUT2D eigenvalue weighted by Gasteiger charge is -2.33. The third kappa shape index (κ3) is 6.58. The first-order chi connectivity index (χ1) is 11.6. The highest BCUT2D eigenvalue weighted by Crippen LogP contribution is 2.32. The summed E-state index contributed by atoms with van der Waals surface area (Å²) in [5.74, 6) is 1.51. The number of carbonyl (C=O) groups is 1. The average Bonchev–Trinajstić information content (AvgIpc) is 2.59. The molecule has 1 amide bonds. The Hall–Kier alpha value is -0.830. The number of rotatable bonds is 7. The van der Waals surface area contributed by atoms with Gasteiger partial charge in [-0.1, -0.05) is 37.8 Å². The van der Waals surface area contributed by atoms with Gasteiger partial charge < -0.3 is 5.32 Å². The Bertz CT molecular complexity index is 398. The molecule has 0 radical (unpaired) electrons. The van der Waals surface area contributed by atoms with E-state index in [-0.39, 0.29) is 5.92 Å². The first kappa shape index (κ1) is 19.5. The van der Waals surface area contributed by atoms with Crippen LogP contribution in [0.4, 0.5) is 0 Å². The van der Waals surface area contributed by atoms with E-state index in [2.05, 4.69) is 37.1 Å². The van der Waals surface area contributed by atoms with Crippen LogP contribution in [-0.4, -0.2) is 36.5 Å². The van der Waals surface area contributed by atoms with E-state index in [0.29, 0.717) is 11.9 Å². The van der Waals surface area contributed by atoms with Crippen LogP contribution >= 0.6 is 0 Å². The summed E-state index contributed by atoms with van der Waals surface area (Å²) in [6, 6.07) is 0.401. The van der Waals surface area contributed by atoms with Crippen LogP contribution in [0.1, 0.15) is 78.6 Å². The van der Waals surface area contributed by atoms with Crippen molar-refractivity contribution in [1.82, 2.24) is 10.2 Å². The van der Waals surface area contributed by atoms with Gasteiger partial charge in [-0.05, 0) is 58.3 Å². The van der Waals surface area contributed by atoms with E-state index in [1.165, 1.54) is 37.7 Å². The van der Waals surface area contributed by atoms with E-state index in [1.54, 1.807) is 0 Å². The number of unbranched alkanes of at least 4 members (excludes halogenated alkanes) is 1. The molecule has 0 aromatic rings. The number of likely N-dealkylation sites (tertiary alicyclic amines) is 1. The molecule has 138 valence electrons. The maximum Gasteiger partial charge on any atom is 0.223 e. The van der Waals surface area contributed by atoms with Gasteiger partial charge in [0, 0.05) is 31.6 Å². The zero-order valence-electron chi connectivity index (χ0n) is 16.2. The van der Waals surface area contributed by atoms with Gasteiger partial charge in [0.15, 0.2) is 0 Å². The van der Waals surface area contributed by atoms with Crippen LogP contribution in [0, 0.1) is 11.8 Å². The first-order valence-electron chi connectivity index (χ1n) is 10.2. The highest BCUT2D eigenvalue weighted by Gasteiger charge is 2.28. The second-order valence-corrected chi connectivity index (χ2v) is 8.22. The quantitative estimate of drug-likeness (QED) is 0.694. The fraction of sp³-hybridized carbons (Fsp3) is 0.857. The Labute approximate surface area is 149 Å². The van der Waals surface area contributed by atoms with Crippen LogP contribution in [0.3, 0.4) is 0 Å². The van der Waals surface area contributed by atoms with Gasteiger partial charge in [0.25, 0.3) is 0 Å². The second kappa shape index (κ2) is 10.2. The summed E-state index contributed by atoms with van der Waals surface area (Å²) in [6.07, 6.45) is 13.3. The molecule has 0 aromatic heterocycles. The molecule has 3 nitrogen and oxygen atoms in total. The molecule has 2 rings (SSSR count). The maximum atomic E-state index is 12.5. The summed E-state index contributed by atoms with van der Waals surface area (Å²) in [4.78, 5) is 15.0. The lowest BCUT2D eigenvalue weighted by molar-refractivity contribution is -0.127. The third-order valence-electron chi connectivity index (χ3n) is 5.88. The molecule has 0 spiro atoms. The zero-order valence-corrected chi connectivity index (χ0v) is 16.2. The van der Waals surface area contributed by atoms with Crippen LogP contribution in [-0.2, 0) is 4.79 Å². The fourth-order valence-electron chi connectivity index (χ4n) is 4.10. The van der Waals surface area contributed by atoms with Crippen LogP contribution in [0.2, 0.25) is 0 Å². The van der Waals surface area contributed by atoms with E-state index < -0.39 is 0 Å². The summed E-state index contributed by atoms with van der Waals surface area (Å²) >= 11 is 0. The largest absolute Gasteiger partial charge is 0.353 e. The summed E-state index contributed by atoms with van der Waals surface area (Å²) in [5.41, 5.74) is 1.39. The van der Waals surface area contributed by atoms with Crippen LogP contribution in [0.15, 0.2) is 11.6 Å². The van der Waals surface area contributed by atoms with Gasteiger partial charge >= 0.3 is 0 Å². The van der Waals surface area contributed by atoms with Crippen molar-refractivity contribution in [1.29, 1.82) is 0 Å². The predicted molar refractivity (Wildman–Crippen MR) is 102 cm³/mol. The van der Waals surface area contributed by atoms with Crippen molar-refractivity contribution in [2.75, 3.05) is 19.6 Å². The van der Waals surface area contributed by atoms with E-state index >= 15 is 0 Å². The van der Waals surface area contributed by atoms with Gasteiger partial charge in [0.05, 0.1) is 0 Å². The van der Waals surface area contributed by atoms with E-state index in [9.17, 15) is 4.79 Å². The topological polar surface area (TPSA) is 32.3 Å². The second-order valence-electron chi connectivity index (χ2n) is 8.22. The summed E-state index contributed by atoms with van der Waals surface area (Å²) < 4.78 is 0. The minimum absolute atomic E-state index is 0.284. The molecule has 1 aliphatic heterocycles. The van der Waals surface area contributed by atoms with Gasteiger partial charge in [0.1, 0.15) is 0 Å². The SMILES string of the molecule is CCCCC1CCC(C(=O)NC2CCN(CC=C(C)C)CC2)CC1. The minimum Gasteiger partial charge on any atom is -0.353 e. The number of carbonyl (C=O) groups excluding carboxylic acids is 1. The van der Waals surface area contributed by atoms with Crippen molar-refractivity contribution in [2.45, 2.75) is 84.6 Å². The Morgan fingerprint density at radius 1 is 1.08 bits per heavy atom. The number of nitrogens with one attached hydrogen (secondary N) is 1.